The number of benzene rings is 2. The van der Waals surface area contributed by atoms with Gasteiger partial charge in [0.1, 0.15) is 0 Å². The highest BCUT2D eigenvalue weighted by Gasteiger charge is 2.39. The lowest BCUT2D eigenvalue weighted by Gasteiger charge is -2.35. The van der Waals surface area contributed by atoms with Crippen LogP contribution in [0, 0.1) is 0 Å². The van der Waals surface area contributed by atoms with Crippen molar-refractivity contribution in [2.45, 2.75) is 44.2 Å². The zero-order valence-corrected chi connectivity index (χ0v) is 15.5. The van der Waals surface area contributed by atoms with Crippen molar-refractivity contribution in [3.63, 3.8) is 0 Å². The standard InChI is InChI=1S/C24H24N2O/c27-24(19-8-6-18(7-9-19)17-4-2-1-3-5-17)26(22-12-13-22)23-11-10-20-15-25-16-21(20)14-23/h1-9,16,22-23H,10-15H2. The molecule has 1 heterocycles. The van der Waals surface area contributed by atoms with Crippen molar-refractivity contribution in [1.82, 2.24) is 4.90 Å². The number of nitrogens with zero attached hydrogens (tertiary/aromatic N) is 2. The minimum Gasteiger partial charge on any atom is -0.332 e. The van der Waals surface area contributed by atoms with E-state index in [9.17, 15) is 4.79 Å². The molecule has 3 aliphatic rings. The summed E-state index contributed by atoms with van der Waals surface area (Å²) in [6.07, 6.45) is 7.46. The fourth-order valence-electron chi connectivity index (χ4n) is 4.40. The molecule has 5 rings (SSSR count). The topological polar surface area (TPSA) is 32.7 Å². The van der Waals surface area contributed by atoms with Crippen LogP contribution < -0.4 is 0 Å². The normalized spacial score (nSPS) is 21.3. The van der Waals surface area contributed by atoms with Crippen molar-refractivity contribution < 1.29 is 4.79 Å². The van der Waals surface area contributed by atoms with Crippen molar-refractivity contribution >= 4 is 12.1 Å². The van der Waals surface area contributed by atoms with Crippen LogP contribution in [-0.4, -0.2) is 35.7 Å². The molecule has 1 amide bonds. The number of hydrogen-bond donors (Lipinski definition) is 0. The summed E-state index contributed by atoms with van der Waals surface area (Å²) in [6.45, 7) is 0.875. The predicted octanol–water partition coefficient (Wildman–Crippen LogP) is 4.89. The van der Waals surface area contributed by atoms with E-state index in [0.29, 0.717) is 12.1 Å². The second-order valence-corrected chi connectivity index (χ2v) is 7.88. The van der Waals surface area contributed by atoms with Crippen LogP contribution in [0.4, 0.5) is 0 Å². The Morgan fingerprint density at radius 2 is 1.63 bits per heavy atom. The van der Waals surface area contributed by atoms with Crippen LogP contribution in [0.25, 0.3) is 11.1 Å². The Labute approximate surface area is 160 Å². The lowest BCUT2D eigenvalue weighted by atomic mass is 9.88. The van der Waals surface area contributed by atoms with E-state index in [1.807, 2.05) is 36.5 Å². The molecule has 1 unspecified atom stereocenters. The maximum absolute atomic E-state index is 13.3. The molecule has 3 heteroatoms. The first-order chi connectivity index (χ1) is 13.3. The summed E-state index contributed by atoms with van der Waals surface area (Å²) in [7, 11) is 0. The Balaban J connectivity index is 1.37. The quantitative estimate of drug-likeness (QED) is 0.767. The summed E-state index contributed by atoms with van der Waals surface area (Å²) in [4.78, 5) is 20.0. The van der Waals surface area contributed by atoms with E-state index in [4.69, 9.17) is 0 Å². The molecule has 1 atom stereocenters. The Bertz CT molecular complexity index is 907. The average Bonchev–Trinajstić information content (AvgIpc) is 3.44. The van der Waals surface area contributed by atoms with E-state index in [-0.39, 0.29) is 5.91 Å². The van der Waals surface area contributed by atoms with Crippen LogP contribution in [0.2, 0.25) is 0 Å². The first kappa shape index (κ1) is 16.5. The van der Waals surface area contributed by atoms with E-state index in [1.165, 1.54) is 16.7 Å². The van der Waals surface area contributed by atoms with Gasteiger partial charge in [-0.25, -0.2) is 0 Å². The van der Waals surface area contributed by atoms with Crippen molar-refractivity contribution in [3.8, 4) is 11.1 Å². The summed E-state index contributed by atoms with van der Waals surface area (Å²) in [5, 5.41) is 0. The van der Waals surface area contributed by atoms with Gasteiger partial charge >= 0.3 is 0 Å². The van der Waals surface area contributed by atoms with Crippen molar-refractivity contribution in [2.24, 2.45) is 4.99 Å². The average molecular weight is 356 g/mol. The number of rotatable bonds is 4. The highest BCUT2D eigenvalue weighted by molar-refractivity contribution is 5.95. The second-order valence-electron chi connectivity index (χ2n) is 7.88. The third-order valence-corrected chi connectivity index (χ3v) is 6.03. The molecule has 2 aromatic rings. The first-order valence-corrected chi connectivity index (χ1v) is 9.98. The Morgan fingerprint density at radius 1 is 0.889 bits per heavy atom. The number of hydrogen-bond acceptors (Lipinski definition) is 2. The minimum absolute atomic E-state index is 0.195. The molecular weight excluding hydrogens is 332 g/mol. The molecule has 1 fully saturated rings. The van der Waals surface area contributed by atoms with Crippen molar-refractivity contribution in [1.29, 1.82) is 0 Å². The molecule has 2 aromatic carbocycles. The number of aliphatic imine (C=N–C) groups is 1. The molecule has 27 heavy (non-hydrogen) atoms. The molecule has 0 spiro atoms. The van der Waals surface area contributed by atoms with Crippen LogP contribution in [0.5, 0.6) is 0 Å². The smallest absolute Gasteiger partial charge is 0.254 e. The zero-order valence-electron chi connectivity index (χ0n) is 15.5. The van der Waals surface area contributed by atoms with Crippen LogP contribution in [0.15, 0.2) is 70.7 Å². The van der Waals surface area contributed by atoms with Crippen LogP contribution >= 0.6 is 0 Å². The molecule has 0 bridgehead atoms. The van der Waals surface area contributed by atoms with Crippen molar-refractivity contribution in [2.75, 3.05) is 6.54 Å². The van der Waals surface area contributed by atoms with Gasteiger partial charge in [-0.15, -0.1) is 0 Å². The Kier molecular flexibility index (Phi) is 4.16. The van der Waals surface area contributed by atoms with E-state index in [2.05, 4.69) is 34.2 Å². The molecule has 0 aromatic heterocycles. The Morgan fingerprint density at radius 3 is 2.37 bits per heavy atom. The van der Waals surface area contributed by atoms with Gasteiger partial charge in [0, 0.05) is 23.9 Å². The van der Waals surface area contributed by atoms with E-state index in [1.54, 1.807) is 0 Å². The summed E-state index contributed by atoms with van der Waals surface area (Å²) in [6, 6.07) is 19.2. The molecule has 1 saturated carbocycles. The van der Waals surface area contributed by atoms with Crippen LogP contribution in [-0.2, 0) is 0 Å². The minimum atomic E-state index is 0.195. The molecular formula is C24H24N2O. The lowest BCUT2D eigenvalue weighted by Crippen LogP contribution is -2.43. The maximum atomic E-state index is 13.3. The summed E-state index contributed by atoms with van der Waals surface area (Å²) in [5.74, 6) is 0.195. The van der Waals surface area contributed by atoms with Gasteiger partial charge in [-0.05, 0) is 66.5 Å². The largest absolute Gasteiger partial charge is 0.332 e. The van der Waals surface area contributed by atoms with Crippen molar-refractivity contribution in [3.05, 3.63) is 71.3 Å². The number of carbonyl (C=O) groups is 1. The lowest BCUT2D eigenvalue weighted by molar-refractivity contribution is 0.0645. The van der Waals surface area contributed by atoms with Gasteiger partial charge in [-0.2, -0.15) is 0 Å². The maximum Gasteiger partial charge on any atom is 0.254 e. The predicted molar refractivity (Wildman–Crippen MR) is 109 cm³/mol. The van der Waals surface area contributed by atoms with Crippen LogP contribution in [0.3, 0.4) is 0 Å². The molecule has 2 aliphatic carbocycles. The van der Waals surface area contributed by atoms with Gasteiger partial charge in [0.05, 0.1) is 6.54 Å². The third-order valence-electron chi connectivity index (χ3n) is 6.03. The second kappa shape index (κ2) is 6.80. The highest BCUT2D eigenvalue weighted by Crippen LogP contribution is 2.37. The zero-order chi connectivity index (χ0) is 18.2. The Hall–Kier alpha value is -2.68. The van der Waals surface area contributed by atoms with Gasteiger partial charge in [-0.3, -0.25) is 9.79 Å². The third kappa shape index (κ3) is 3.23. The number of carbonyl (C=O) groups excluding carboxylic acids is 1. The van der Waals surface area contributed by atoms with E-state index >= 15 is 0 Å². The summed E-state index contributed by atoms with van der Waals surface area (Å²) in [5.41, 5.74) is 6.01. The highest BCUT2D eigenvalue weighted by atomic mass is 16.2. The van der Waals surface area contributed by atoms with E-state index < -0.39 is 0 Å². The summed E-state index contributed by atoms with van der Waals surface area (Å²) < 4.78 is 0. The molecule has 3 nitrogen and oxygen atoms in total. The molecule has 0 N–H and O–H groups in total. The fraction of sp³-hybridized carbons (Fsp3) is 0.333. The first-order valence-electron chi connectivity index (χ1n) is 9.98. The molecule has 0 radical (unpaired) electrons. The van der Waals surface area contributed by atoms with Gasteiger partial charge in [0.15, 0.2) is 0 Å². The molecule has 0 saturated heterocycles. The monoisotopic (exact) mass is 356 g/mol. The van der Waals surface area contributed by atoms with Gasteiger partial charge in [0.25, 0.3) is 5.91 Å². The van der Waals surface area contributed by atoms with Crippen LogP contribution in [0.1, 0.15) is 42.5 Å². The van der Waals surface area contributed by atoms with Gasteiger partial charge in [-0.1, -0.05) is 42.5 Å². The number of amides is 1. The molecule has 1 aliphatic heterocycles. The van der Waals surface area contributed by atoms with E-state index in [0.717, 1.165) is 49.8 Å². The fourth-order valence-corrected chi connectivity index (χ4v) is 4.40. The van der Waals surface area contributed by atoms with Gasteiger partial charge < -0.3 is 4.90 Å². The molecule has 136 valence electrons. The summed E-state index contributed by atoms with van der Waals surface area (Å²) >= 11 is 0. The van der Waals surface area contributed by atoms with Gasteiger partial charge in [0.2, 0.25) is 0 Å². The SMILES string of the molecule is O=C(c1ccc(-c2ccccc2)cc1)N(C1CC1)C1CCC2=C(C=NC2)C1.